The molecule has 7 heteroatoms. The molecule has 0 spiro atoms. The molecule has 1 saturated carbocycles. The van der Waals surface area contributed by atoms with Crippen LogP contribution in [0.3, 0.4) is 0 Å². The highest BCUT2D eigenvalue weighted by Crippen LogP contribution is 2.34. The Balaban J connectivity index is 2.50. The zero-order valence-corrected chi connectivity index (χ0v) is 11.4. The van der Waals surface area contributed by atoms with E-state index in [4.69, 9.17) is 11.6 Å². The van der Waals surface area contributed by atoms with Crippen molar-refractivity contribution < 1.29 is 17.6 Å². The zero-order chi connectivity index (χ0) is 14.2. The van der Waals surface area contributed by atoms with Crippen LogP contribution in [0.5, 0.6) is 0 Å². The highest BCUT2D eigenvalue weighted by atomic mass is 35.5. The van der Waals surface area contributed by atoms with Crippen LogP contribution in [0, 0.1) is 5.82 Å². The minimum absolute atomic E-state index is 0.248. The van der Waals surface area contributed by atoms with Crippen molar-refractivity contribution in [3.05, 3.63) is 41.7 Å². The van der Waals surface area contributed by atoms with Crippen molar-refractivity contribution in [1.29, 1.82) is 0 Å². The number of carbonyl (C=O) groups excluding carboxylic acids is 1. The third-order valence-electron chi connectivity index (χ3n) is 2.70. The van der Waals surface area contributed by atoms with Crippen LogP contribution in [0.25, 0.3) is 0 Å². The van der Waals surface area contributed by atoms with Crippen molar-refractivity contribution in [1.82, 2.24) is 4.31 Å². The molecule has 2 rings (SSSR count). The summed E-state index contributed by atoms with van der Waals surface area (Å²) in [5.41, 5.74) is 0. The third-order valence-corrected chi connectivity index (χ3v) is 5.03. The summed E-state index contributed by atoms with van der Waals surface area (Å²) >= 11 is 5.75. The van der Waals surface area contributed by atoms with Crippen molar-refractivity contribution in [2.45, 2.75) is 23.8 Å². The highest BCUT2D eigenvalue weighted by molar-refractivity contribution is 7.89. The number of hydrogen-bond donors (Lipinski definition) is 0. The summed E-state index contributed by atoms with van der Waals surface area (Å²) < 4.78 is 38.5. The number of benzene rings is 1. The van der Waals surface area contributed by atoms with Gasteiger partial charge in [0.05, 0.1) is 5.02 Å². The number of hydrogen-bond acceptors (Lipinski definition) is 3. The summed E-state index contributed by atoms with van der Waals surface area (Å²) in [6, 6.07) is 2.58. The predicted molar refractivity (Wildman–Crippen MR) is 68.7 cm³/mol. The van der Waals surface area contributed by atoms with Gasteiger partial charge in [-0.05, 0) is 37.1 Å². The maximum atomic E-state index is 13.0. The van der Waals surface area contributed by atoms with Gasteiger partial charge in [-0.2, -0.15) is 0 Å². The lowest BCUT2D eigenvalue weighted by molar-refractivity contribution is -0.121. The second-order valence-corrected chi connectivity index (χ2v) is 6.34. The monoisotopic (exact) mass is 303 g/mol. The van der Waals surface area contributed by atoms with E-state index >= 15 is 0 Å². The molecule has 1 aliphatic rings. The Hall–Kier alpha value is -1.40. The van der Waals surface area contributed by atoms with E-state index in [-0.39, 0.29) is 16.0 Å². The molecule has 0 N–H and O–H groups in total. The molecular formula is C12H11ClFNO3S. The summed E-state index contributed by atoms with van der Waals surface area (Å²) in [6.45, 7) is 3.29. The molecule has 0 atom stereocenters. The molecule has 4 nitrogen and oxygen atoms in total. The van der Waals surface area contributed by atoms with Crippen LogP contribution in [0.4, 0.5) is 4.39 Å². The molecule has 1 fully saturated rings. The van der Waals surface area contributed by atoms with Crippen LogP contribution >= 0.6 is 11.6 Å². The van der Waals surface area contributed by atoms with Crippen molar-refractivity contribution in [3.63, 3.8) is 0 Å². The molecule has 1 amide bonds. The van der Waals surface area contributed by atoms with E-state index in [1.165, 1.54) is 0 Å². The molecule has 0 aromatic heterocycles. The fraction of sp³-hybridized carbons (Fsp3) is 0.250. The van der Waals surface area contributed by atoms with Gasteiger partial charge in [-0.25, -0.2) is 17.1 Å². The average molecular weight is 304 g/mol. The molecule has 19 heavy (non-hydrogen) atoms. The maximum absolute atomic E-state index is 13.0. The zero-order valence-electron chi connectivity index (χ0n) is 9.84. The van der Waals surface area contributed by atoms with Gasteiger partial charge in [-0.1, -0.05) is 18.2 Å². The summed E-state index contributed by atoms with van der Waals surface area (Å²) in [4.78, 5) is 11.4. The van der Waals surface area contributed by atoms with Gasteiger partial charge in [0.25, 0.3) is 15.9 Å². The largest absolute Gasteiger partial charge is 0.269 e. The second kappa shape index (κ2) is 4.94. The first-order chi connectivity index (χ1) is 8.87. The number of nitrogens with zero attached hydrogens (tertiary/aromatic N) is 1. The molecule has 1 aromatic carbocycles. The van der Waals surface area contributed by atoms with Gasteiger partial charge in [0.2, 0.25) is 0 Å². The molecular weight excluding hydrogens is 293 g/mol. The molecule has 0 unspecified atom stereocenters. The predicted octanol–water partition coefficient (Wildman–Crippen LogP) is 2.34. The first-order valence-corrected chi connectivity index (χ1v) is 7.35. The van der Waals surface area contributed by atoms with Crippen molar-refractivity contribution >= 4 is 27.5 Å². The van der Waals surface area contributed by atoms with Gasteiger partial charge in [0.15, 0.2) is 0 Å². The Morgan fingerprint density at radius 3 is 2.58 bits per heavy atom. The Morgan fingerprint density at radius 2 is 2.11 bits per heavy atom. The van der Waals surface area contributed by atoms with E-state index in [2.05, 4.69) is 6.58 Å². The number of sulfonamides is 1. The average Bonchev–Trinajstić information content (AvgIpc) is 3.12. The van der Waals surface area contributed by atoms with E-state index in [1.807, 2.05) is 0 Å². The second-order valence-electron chi connectivity index (χ2n) is 4.15. The van der Waals surface area contributed by atoms with Crippen LogP contribution in [0.2, 0.25) is 5.02 Å². The van der Waals surface area contributed by atoms with Crippen LogP contribution < -0.4 is 0 Å². The lowest BCUT2D eigenvalue weighted by Crippen LogP contribution is -2.37. The minimum Gasteiger partial charge on any atom is -0.269 e. The molecule has 0 heterocycles. The third kappa shape index (κ3) is 2.64. The first kappa shape index (κ1) is 14.0. The summed E-state index contributed by atoms with van der Waals surface area (Å²) in [6.07, 6.45) is 2.16. The fourth-order valence-electron chi connectivity index (χ4n) is 1.68. The first-order valence-electron chi connectivity index (χ1n) is 5.54. The molecule has 0 aliphatic heterocycles. The molecule has 102 valence electrons. The Kier molecular flexibility index (Phi) is 3.64. The minimum atomic E-state index is -4.08. The summed E-state index contributed by atoms with van der Waals surface area (Å²) in [7, 11) is -4.08. The maximum Gasteiger partial charge on any atom is 0.268 e. The molecule has 0 radical (unpaired) electrons. The number of amides is 1. The van der Waals surface area contributed by atoms with Crippen LogP contribution in [0.15, 0.2) is 35.7 Å². The SMILES string of the molecule is C=CC(=O)N(C1CC1)S(=O)(=O)c1ccc(F)cc1Cl. The van der Waals surface area contributed by atoms with E-state index in [1.54, 1.807) is 0 Å². The standard InChI is InChI=1S/C12H11ClFNO3S/c1-2-12(16)15(9-4-5-9)19(17,18)11-6-3-8(14)7-10(11)13/h2-3,6-7,9H,1,4-5H2. The van der Waals surface area contributed by atoms with Crippen LogP contribution in [0.1, 0.15) is 12.8 Å². The van der Waals surface area contributed by atoms with Crippen molar-refractivity contribution in [2.24, 2.45) is 0 Å². The summed E-state index contributed by atoms with van der Waals surface area (Å²) in [5.74, 6) is -1.35. The molecule has 1 aliphatic carbocycles. The van der Waals surface area contributed by atoms with E-state index in [0.717, 1.165) is 28.6 Å². The molecule has 0 bridgehead atoms. The van der Waals surface area contributed by atoms with Crippen molar-refractivity contribution in [3.8, 4) is 0 Å². The number of halogens is 2. The summed E-state index contributed by atoms with van der Waals surface area (Å²) in [5, 5.41) is -0.248. The van der Waals surface area contributed by atoms with Crippen molar-refractivity contribution in [2.75, 3.05) is 0 Å². The highest BCUT2D eigenvalue weighted by Gasteiger charge is 2.41. The molecule has 0 saturated heterocycles. The Labute approximate surface area is 115 Å². The Bertz CT molecular complexity index is 640. The topological polar surface area (TPSA) is 54.5 Å². The smallest absolute Gasteiger partial charge is 0.268 e. The van der Waals surface area contributed by atoms with Gasteiger partial charge < -0.3 is 0 Å². The van der Waals surface area contributed by atoms with Gasteiger partial charge >= 0.3 is 0 Å². The van der Waals surface area contributed by atoms with E-state index in [9.17, 15) is 17.6 Å². The normalized spacial score (nSPS) is 15.1. The van der Waals surface area contributed by atoms with Gasteiger partial charge in [-0.15, -0.1) is 0 Å². The van der Waals surface area contributed by atoms with Crippen LogP contribution in [-0.4, -0.2) is 24.7 Å². The number of rotatable bonds is 4. The lowest BCUT2D eigenvalue weighted by Gasteiger charge is -2.21. The Morgan fingerprint density at radius 1 is 1.47 bits per heavy atom. The van der Waals surface area contributed by atoms with E-state index in [0.29, 0.717) is 12.8 Å². The van der Waals surface area contributed by atoms with Crippen LogP contribution in [-0.2, 0) is 14.8 Å². The quantitative estimate of drug-likeness (QED) is 0.802. The van der Waals surface area contributed by atoms with Gasteiger partial charge in [0.1, 0.15) is 10.7 Å². The lowest BCUT2D eigenvalue weighted by atomic mass is 10.3. The number of carbonyl (C=O) groups is 1. The molecule has 1 aromatic rings. The fourth-order valence-corrected chi connectivity index (χ4v) is 3.82. The van der Waals surface area contributed by atoms with E-state index < -0.39 is 21.7 Å². The van der Waals surface area contributed by atoms with Gasteiger partial charge in [-0.3, -0.25) is 4.79 Å². The van der Waals surface area contributed by atoms with Gasteiger partial charge in [0, 0.05) is 6.04 Å².